The van der Waals surface area contributed by atoms with Crippen LogP contribution in [0.5, 0.6) is 11.5 Å². The fraction of sp³-hybridized carbons (Fsp3) is 0.625. The van der Waals surface area contributed by atoms with Gasteiger partial charge in [-0.05, 0) is 11.6 Å². The normalized spacial score (nSPS) is 17.5. The van der Waals surface area contributed by atoms with Crippen LogP contribution in [0.25, 0.3) is 0 Å². The molecule has 1 aromatic rings. The maximum Gasteiger partial charge on any atom is 0.314 e. The number of hydrogen-bond acceptors (Lipinski definition) is 7. The summed E-state index contributed by atoms with van der Waals surface area (Å²) in [5, 5.41) is 34.4. The summed E-state index contributed by atoms with van der Waals surface area (Å²) in [6.45, 7) is 6.94. The van der Waals surface area contributed by atoms with Gasteiger partial charge in [-0.25, -0.2) is 0 Å². The molecule has 2 rings (SSSR count). The number of benzene rings is 1. The molecule has 24 heavy (non-hydrogen) atoms. The average molecular weight is 339 g/mol. The molecule has 1 fully saturated rings. The van der Waals surface area contributed by atoms with Gasteiger partial charge in [-0.2, -0.15) is 0 Å². The highest BCUT2D eigenvalue weighted by Crippen LogP contribution is 2.44. The van der Waals surface area contributed by atoms with Crippen LogP contribution in [0.15, 0.2) is 12.1 Å². The third-order valence-corrected chi connectivity index (χ3v) is 4.47. The Kier molecular flexibility index (Phi) is 5.63. The summed E-state index contributed by atoms with van der Waals surface area (Å²) in [5.74, 6) is -0.416. The predicted octanol–water partition coefficient (Wildman–Crippen LogP) is 1.27. The lowest BCUT2D eigenvalue weighted by atomic mass is 9.79. The van der Waals surface area contributed by atoms with Gasteiger partial charge < -0.3 is 20.3 Å². The molecule has 1 aliphatic rings. The number of nitrogens with one attached hydrogen (secondary N) is 1. The molecule has 1 atom stereocenters. The number of aliphatic hydroxyl groups is 1. The van der Waals surface area contributed by atoms with Gasteiger partial charge in [0.2, 0.25) is 5.75 Å². The molecule has 0 aliphatic carbocycles. The highest BCUT2D eigenvalue weighted by atomic mass is 16.6. The number of rotatable bonds is 6. The molecule has 134 valence electrons. The first-order valence-corrected chi connectivity index (χ1v) is 7.92. The molecule has 0 bridgehead atoms. The smallest absolute Gasteiger partial charge is 0.314 e. The van der Waals surface area contributed by atoms with Crippen LogP contribution in [0.4, 0.5) is 5.69 Å². The molecule has 1 aliphatic heterocycles. The number of nitro groups is 1. The van der Waals surface area contributed by atoms with E-state index in [2.05, 4.69) is 10.2 Å². The molecule has 0 amide bonds. The molecule has 1 heterocycles. The van der Waals surface area contributed by atoms with Gasteiger partial charge in [0.15, 0.2) is 5.75 Å². The third-order valence-electron chi connectivity index (χ3n) is 4.47. The van der Waals surface area contributed by atoms with Gasteiger partial charge in [-0.1, -0.05) is 13.8 Å². The van der Waals surface area contributed by atoms with Crippen molar-refractivity contribution in [2.24, 2.45) is 5.41 Å². The fourth-order valence-corrected chi connectivity index (χ4v) is 3.25. The van der Waals surface area contributed by atoms with Crippen LogP contribution in [0.2, 0.25) is 0 Å². The van der Waals surface area contributed by atoms with E-state index in [0.717, 1.165) is 26.2 Å². The highest BCUT2D eigenvalue weighted by Gasteiger charge is 2.37. The topological polar surface area (TPSA) is 108 Å². The number of ether oxygens (including phenoxy) is 1. The monoisotopic (exact) mass is 339 g/mol. The van der Waals surface area contributed by atoms with Crippen molar-refractivity contribution in [1.82, 2.24) is 10.2 Å². The van der Waals surface area contributed by atoms with E-state index in [1.807, 2.05) is 13.8 Å². The Morgan fingerprint density at radius 3 is 2.54 bits per heavy atom. The lowest BCUT2D eigenvalue weighted by Gasteiger charge is -2.43. The van der Waals surface area contributed by atoms with Crippen LogP contribution in [0.3, 0.4) is 0 Å². The Morgan fingerprint density at radius 2 is 2.04 bits per heavy atom. The van der Waals surface area contributed by atoms with Crippen LogP contribution >= 0.6 is 0 Å². The minimum absolute atomic E-state index is 0.0630. The zero-order valence-corrected chi connectivity index (χ0v) is 14.3. The maximum absolute atomic E-state index is 11.3. The van der Waals surface area contributed by atoms with Crippen LogP contribution in [0.1, 0.15) is 25.5 Å². The van der Waals surface area contributed by atoms with Gasteiger partial charge in [0.1, 0.15) is 0 Å². The summed E-state index contributed by atoms with van der Waals surface area (Å²) >= 11 is 0. The number of phenols is 1. The van der Waals surface area contributed by atoms with Crippen molar-refractivity contribution in [2.45, 2.75) is 19.9 Å². The Morgan fingerprint density at radius 1 is 1.42 bits per heavy atom. The first-order chi connectivity index (χ1) is 11.3. The largest absolute Gasteiger partial charge is 0.500 e. The molecular formula is C16H25N3O5. The first kappa shape index (κ1) is 18.4. The van der Waals surface area contributed by atoms with Gasteiger partial charge in [0.25, 0.3) is 0 Å². The number of aliphatic hydroxyl groups excluding tert-OH is 1. The van der Waals surface area contributed by atoms with E-state index in [-0.39, 0.29) is 18.4 Å². The summed E-state index contributed by atoms with van der Waals surface area (Å²) in [7, 11) is 1.36. The van der Waals surface area contributed by atoms with Gasteiger partial charge in [0.05, 0.1) is 12.0 Å². The number of phenolic OH excluding ortho intramolecular Hbond substituents is 1. The number of piperazine rings is 1. The molecule has 0 radical (unpaired) electrons. The van der Waals surface area contributed by atoms with E-state index in [1.165, 1.54) is 13.2 Å². The Balaban J connectivity index is 2.56. The van der Waals surface area contributed by atoms with Gasteiger partial charge >= 0.3 is 5.69 Å². The van der Waals surface area contributed by atoms with Crippen molar-refractivity contribution in [1.29, 1.82) is 0 Å². The van der Waals surface area contributed by atoms with Crippen LogP contribution in [0, 0.1) is 15.5 Å². The van der Waals surface area contributed by atoms with Crippen LogP contribution < -0.4 is 10.1 Å². The summed E-state index contributed by atoms with van der Waals surface area (Å²) in [6.07, 6.45) is 0. The molecule has 1 aromatic carbocycles. The van der Waals surface area contributed by atoms with E-state index < -0.39 is 21.8 Å². The number of methoxy groups -OCH3 is 1. The van der Waals surface area contributed by atoms with Crippen molar-refractivity contribution in [3.05, 3.63) is 27.8 Å². The molecule has 1 saturated heterocycles. The van der Waals surface area contributed by atoms with Crippen molar-refractivity contribution in [3.8, 4) is 11.5 Å². The summed E-state index contributed by atoms with van der Waals surface area (Å²) < 4.78 is 5.11. The molecular weight excluding hydrogens is 314 g/mol. The maximum atomic E-state index is 11.3. The van der Waals surface area contributed by atoms with Crippen LogP contribution in [-0.4, -0.2) is 59.9 Å². The second-order valence-corrected chi connectivity index (χ2v) is 6.68. The minimum atomic E-state index is -0.623. The number of nitrogens with zero attached hydrogens (tertiary/aromatic N) is 2. The first-order valence-electron chi connectivity index (χ1n) is 7.92. The Labute approximate surface area is 141 Å². The summed E-state index contributed by atoms with van der Waals surface area (Å²) in [4.78, 5) is 12.9. The van der Waals surface area contributed by atoms with E-state index in [0.29, 0.717) is 5.56 Å². The standard InChI is InChI=1S/C16H25N3O5/c1-16(2,10-20)15(18-6-4-17-5-7-18)11-8-12(19(22)23)14(21)13(9-11)24-3/h8-9,15,17,20-21H,4-7,10H2,1-3H3/t15-/m0/s1. The lowest BCUT2D eigenvalue weighted by Crippen LogP contribution is -2.49. The average Bonchev–Trinajstić information content (AvgIpc) is 2.56. The second kappa shape index (κ2) is 7.33. The molecule has 0 unspecified atom stereocenters. The third kappa shape index (κ3) is 3.61. The van der Waals surface area contributed by atoms with Crippen molar-refractivity contribution < 1.29 is 19.9 Å². The summed E-state index contributed by atoms with van der Waals surface area (Å²) in [6, 6.07) is 2.76. The zero-order valence-electron chi connectivity index (χ0n) is 14.3. The van der Waals surface area contributed by atoms with Crippen molar-refractivity contribution in [3.63, 3.8) is 0 Å². The number of aromatic hydroxyl groups is 1. The van der Waals surface area contributed by atoms with Crippen molar-refractivity contribution in [2.75, 3.05) is 39.9 Å². The summed E-state index contributed by atoms with van der Waals surface area (Å²) in [5.41, 5.74) is -0.261. The van der Waals surface area contributed by atoms with Gasteiger partial charge in [-0.3, -0.25) is 15.0 Å². The minimum Gasteiger partial charge on any atom is -0.500 e. The SMILES string of the molecule is COc1cc([C@H](N2CCNCC2)C(C)(C)CO)cc([N+](=O)[O-])c1O. The number of nitro benzene ring substituents is 1. The molecule has 0 spiro atoms. The lowest BCUT2D eigenvalue weighted by molar-refractivity contribution is -0.386. The molecule has 0 saturated carbocycles. The number of hydrogen-bond donors (Lipinski definition) is 3. The van der Waals surface area contributed by atoms with Gasteiger partial charge in [0, 0.05) is 50.3 Å². The van der Waals surface area contributed by atoms with Crippen molar-refractivity contribution >= 4 is 5.69 Å². The Hall–Kier alpha value is -1.90. The highest BCUT2D eigenvalue weighted by molar-refractivity contribution is 5.57. The second-order valence-electron chi connectivity index (χ2n) is 6.68. The molecule has 8 nitrogen and oxygen atoms in total. The fourth-order valence-electron chi connectivity index (χ4n) is 3.25. The van der Waals surface area contributed by atoms with E-state index >= 15 is 0 Å². The predicted molar refractivity (Wildman–Crippen MR) is 89.4 cm³/mol. The van der Waals surface area contributed by atoms with E-state index in [9.17, 15) is 20.3 Å². The van der Waals surface area contributed by atoms with Crippen LogP contribution in [-0.2, 0) is 0 Å². The quantitative estimate of drug-likeness (QED) is 0.529. The Bertz CT molecular complexity index is 600. The van der Waals surface area contributed by atoms with Gasteiger partial charge in [-0.15, -0.1) is 0 Å². The van der Waals surface area contributed by atoms with E-state index in [1.54, 1.807) is 6.07 Å². The van der Waals surface area contributed by atoms with E-state index in [4.69, 9.17) is 4.74 Å². The molecule has 0 aromatic heterocycles. The zero-order chi connectivity index (χ0) is 17.9. The molecule has 8 heteroatoms. The molecule has 3 N–H and O–H groups in total.